The molecule has 0 unspecified atom stereocenters. The van der Waals surface area contributed by atoms with Gasteiger partial charge in [-0.3, -0.25) is 10.1 Å². The van der Waals surface area contributed by atoms with E-state index < -0.39 is 6.10 Å². The number of thiazole rings is 1. The fraction of sp³-hybridized carbons (Fsp3) is 0.375. The molecule has 0 saturated carbocycles. The molecule has 2 aromatic rings. The van der Waals surface area contributed by atoms with Crippen LogP contribution in [0.25, 0.3) is 0 Å². The van der Waals surface area contributed by atoms with Gasteiger partial charge in [-0.15, -0.1) is 11.3 Å². The van der Waals surface area contributed by atoms with Crippen molar-refractivity contribution in [3.8, 4) is 5.75 Å². The van der Waals surface area contributed by atoms with Gasteiger partial charge in [0.15, 0.2) is 11.2 Å². The van der Waals surface area contributed by atoms with Gasteiger partial charge in [-0.25, -0.2) is 4.98 Å². The summed E-state index contributed by atoms with van der Waals surface area (Å²) in [4.78, 5) is 18.2. The first-order valence-corrected chi connectivity index (χ1v) is 8.63. The van der Waals surface area contributed by atoms with Crippen LogP contribution in [0.3, 0.4) is 0 Å². The van der Waals surface area contributed by atoms with Crippen molar-refractivity contribution in [1.29, 1.82) is 0 Å². The van der Waals surface area contributed by atoms with E-state index in [0.717, 1.165) is 29.8 Å². The van der Waals surface area contributed by atoms with Crippen molar-refractivity contribution in [2.24, 2.45) is 0 Å². The van der Waals surface area contributed by atoms with Gasteiger partial charge in [0.1, 0.15) is 5.75 Å². The highest BCUT2D eigenvalue weighted by Gasteiger charge is 2.30. The van der Waals surface area contributed by atoms with E-state index >= 15 is 0 Å². The smallest absolute Gasteiger partial charge is 0.267 e. The molecule has 2 heterocycles. The Morgan fingerprint density at radius 2 is 2.23 bits per heavy atom. The highest BCUT2D eigenvalue weighted by atomic mass is 35.5. The first kappa shape index (κ1) is 14.0. The van der Waals surface area contributed by atoms with Gasteiger partial charge in [0.25, 0.3) is 5.91 Å². The van der Waals surface area contributed by atoms with Gasteiger partial charge >= 0.3 is 0 Å². The van der Waals surface area contributed by atoms with E-state index in [1.54, 1.807) is 17.4 Å². The number of hydrogen-bond acceptors (Lipinski definition) is 4. The summed E-state index contributed by atoms with van der Waals surface area (Å²) in [5.41, 5.74) is 2.13. The minimum Gasteiger partial charge on any atom is -0.480 e. The van der Waals surface area contributed by atoms with Crippen molar-refractivity contribution in [2.75, 3.05) is 5.32 Å². The molecular weight excluding hydrogens is 320 g/mol. The topological polar surface area (TPSA) is 51.2 Å². The first-order valence-electron chi connectivity index (χ1n) is 7.43. The number of anilines is 1. The van der Waals surface area contributed by atoms with Crippen molar-refractivity contribution >= 4 is 34.0 Å². The average molecular weight is 335 g/mol. The van der Waals surface area contributed by atoms with Gasteiger partial charge in [0.05, 0.1) is 5.69 Å². The summed E-state index contributed by atoms with van der Waals surface area (Å²) in [7, 11) is 0. The zero-order valence-electron chi connectivity index (χ0n) is 11.9. The van der Waals surface area contributed by atoms with Crippen LogP contribution in [0.2, 0.25) is 5.02 Å². The van der Waals surface area contributed by atoms with Crippen molar-refractivity contribution < 1.29 is 9.53 Å². The second kappa shape index (κ2) is 5.56. The molecule has 22 heavy (non-hydrogen) atoms. The summed E-state index contributed by atoms with van der Waals surface area (Å²) >= 11 is 7.56. The van der Waals surface area contributed by atoms with Crippen molar-refractivity contribution in [1.82, 2.24) is 4.98 Å². The second-order valence-electron chi connectivity index (χ2n) is 5.65. The van der Waals surface area contributed by atoms with Gasteiger partial charge in [-0.05, 0) is 49.4 Å². The molecule has 0 saturated heterocycles. The molecule has 4 nitrogen and oxygen atoms in total. The van der Waals surface area contributed by atoms with Crippen LogP contribution in [-0.4, -0.2) is 17.0 Å². The van der Waals surface area contributed by atoms with Crippen LogP contribution in [0.15, 0.2) is 18.2 Å². The highest BCUT2D eigenvalue weighted by molar-refractivity contribution is 7.15. The summed E-state index contributed by atoms with van der Waals surface area (Å²) in [6, 6.07) is 5.44. The largest absolute Gasteiger partial charge is 0.480 e. The maximum absolute atomic E-state index is 12.4. The fourth-order valence-electron chi connectivity index (χ4n) is 2.95. The zero-order chi connectivity index (χ0) is 15.1. The minimum atomic E-state index is -0.505. The number of aryl methyl sites for hydroxylation is 2. The molecule has 0 spiro atoms. The summed E-state index contributed by atoms with van der Waals surface area (Å²) in [5, 5.41) is 4.25. The molecule has 1 aliphatic carbocycles. The molecule has 4 rings (SSSR count). The maximum Gasteiger partial charge on any atom is 0.267 e. The number of amides is 1. The molecule has 0 bridgehead atoms. The minimum absolute atomic E-state index is 0.140. The zero-order valence-corrected chi connectivity index (χ0v) is 13.5. The number of nitrogens with zero attached hydrogens (tertiary/aromatic N) is 1. The van der Waals surface area contributed by atoms with Gasteiger partial charge < -0.3 is 4.74 Å². The molecule has 1 amide bonds. The molecule has 114 valence electrons. The Kier molecular flexibility index (Phi) is 3.54. The van der Waals surface area contributed by atoms with E-state index in [9.17, 15) is 4.79 Å². The molecule has 1 atom stereocenters. The summed E-state index contributed by atoms with van der Waals surface area (Å²) in [5.74, 6) is 0.599. The lowest BCUT2D eigenvalue weighted by Gasteiger charge is -2.09. The van der Waals surface area contributed by atoms with Crippen LogP contribution < -0.4 is 10.1 Å². The number of carbonyl (C=O) groups excluding carboxylic acids is 1. The second-order valence-corrected chi connectivity index (χ2v) is 7.17. The van der Waals surface area contributed by atoms with Crippen LogP contribution in [0.5, 0.6) is 5.75 Å². The number of carbonyl (C=O) groups is 1. The molecule has 0 radical (unpaired) electrons. The standard InChI is InChI=1S/C16H15ClN2O2S/c17-10-5-6-12-9(7-10)8-13(21-12)15(20)19-16-18-11-3-1-2-4-14(11)22-16/h5-7,13H,1-4,8H2,(H,18,19,20)/t13-/m1/s1. The number of ether oxygens (including phenoxy) is 1. The summed E-state index contributed by atoms with van der Waals surface area (Å²) < 4.78 is 5.70. The lowest BCUT2D eigenvalue weighted by atomic mass is 10.0. The Hall–Kier alpha value is -1.59. The van der Waals surface area contributed by atoms with Crippen LogP contribution in [0, 0.1) is 0 Å². The van der Waals surface area contributed by atoms with Crippen LogP contribution in [0.4, 0.5) is 5.13 Å². The lowest BCUT2D eigenvalue weighted by Crippen LogP contribution is -2.31. The molecule has 2 aliphatic rings. The number of rotatable bonds is 2. The number of aromatic nitrogens is 1. The van der Waals surface area contributed by atoms with E-state index in [0.29, 0.717) is 16.6 Å². The first-order chi connectivity index (χ1) is 10.7. The predicted molar refractivity (Wildman–Crippen MR) is 87.0 cm³/mol. The maximum atomic E-state index is 12.4. The van der Waals surface area contributed by atoms with E-state index in [4.69, 9.17) is 16.3 Å². The lowest BCUT2D eigenvalue weighted by molar-refractivity contribution is -0.122. The van der Waals surface area contributed by atoms with E-state index in [1.165, 1.54) is 17.7 Å². The Morgan fingerprint density at radius 3 is 3.09 bits per heavy atom. The number of fused-ring (bicyclic) bond motifs is 2. The molecule has 1 aromatic heterocycles. The van der Waals surface area contributed by atoms with E-state index in [2.05, 4.69) is 10.3 Å². The molecule has 1 aromatic carbocycles. The number of hydrogen-bond donors (Lipinski definition) is 1. The number of benzene rings is 1. The van der Waals surface area contributed by atoms with Gasteiger partial charge in [-0.1, -0.05) is 11.6 Å². The van der Waals surface area contributed by atoms with Crippen LogP contribution in [0.1, 0.15) is 29.0 Å². The number of halogens is 1. The summed E-state index contributed by atoms with van der Waals surface area (Å²) in [6.07, 6.45) is 4.54. The normalized spacial score (nSPS) is 19.2. The average Bonchev–Trinajstić information content (AvgIpc) is 3.09. The van der Waals surface area contributed by atoms with Gasteiger partial charge in [-0.2, -0.15) is 0 Å². The van der Waals surface area contributed by atoms with Crippen molar-refractivity contribution in [3.63, 3.8) is 0 Å². The van der Waals surface area contributed by atoms with Crippen LogP contribution >= 0.6 is 22.9 Å². The third kappa shape index (κ3) is 2.59. The molecular formula is C16H15ClN2O2S. The van der Waals surface area contributed by atoms with Gasteiger partial charge in [0, 0.05) is 16.3 Å². The van der Waals surface area contributed by atoms with E-state index in [1.807, 2.05) is 12.1 Å². The fourth-order valence-corrected chi connectivity index (χ4v) is 4.20. The third-order valence-electron chi connectivity index (χ3n) is 4.07. The third-order valence-corrected chi connectivity index (χ3v) is 5.37. The Bertz CT molecular complexity index is 720. The Labute approximate surface area is 137 Å². The molecule has 1 N–H and O–H groups in total. The Balaban J connectivity index is 1.46. The molecule has 6 heteroatoms. The monoisotopic (exact) mass is 334 g/mol. The number of nitrogens with one attached hydrogen (secondary N) is 1. The summed E-state index contributed by atoms with van der Waals surface area (Å²) in [6.45, 7) is 0. The predicted octanol–water partition coefficient (Wildman–Crippen LogP) is 3.62. The SMILES string of the molecule is O=C(Nc1nc2c(s1)CCCC2)[C@H]1Cc2cc(Cl)ccc2O1. The molecule has 1 aliphatic heterocycles. The molecule has 0 fully saturated rings. The van der Waals surface area contributed by atoms with Crippen LogP contribution in [-0.2, 0) is 24.1 Å². The highest BCUT2D eigenvalue weighted by Crippen LogP contribution is 2.33. The Morgan fingerprint density at radius 1 is 1.36 bits per heavy atom. The van der Waals surface area contributed by atoms with Crippen molar-refractivity contribution in [3.05, 3.63) is 39.4 Å². The quantitative estimate of drug-likeness (QED) is 0.912. The van der Waals surface area contributed by atoms with E-state index in [-0.39, 0.29) is 5.91 Å². The van der Waals surface area contributed by atoms with Crippen molar-refractivity contribution in [2.45, 2.75) is 38.2 Å². The van der Waals surface area contributed by atoms with Gasteiger partial charge in [0.2, 0.25) is 0 Å².